The molecule has 0 aliphatic heterocycles. The predicted octanol–water partition coefficient (Wildman–Crippen LogP) is 1.47. The van der Waals surface area contributed by atoms with E-state index < -0.39 is 12.1 Å². The Bertz CT molecular complexity index is 380. The fraction of sp³-hybridized carbons (Fsp3) is 0.636. The lowest BCUT2D eigenvalue weighted by molar-refractivity contribution is 0.190. The summed E-state index contributed by atoms with van der Waals surface area (Å²) < 4.78 is 5.11. The van der Waals surface area contributed by atoms with Gasteiger partial charge in [0.2, 0.25) is 0 Å². The van der Waals surface area contributed by atoms with E-state index in [0.717, 1.165) is 0 Å². The number of amides is 2. The fourth-order valence-corrected chi connectivity index (χ4v) is 1.09. The molecule has 2 amide bonds. The predicted molar refractivity (Wildman–Crippen MR) is 63.9 cm³/mol. The van der Waals surface area contributed by atoms with E-state index in [1.807, 2.05) is 20.8 Å². The van der Waals surface area contributed by atoms with Crippen molar-refractivity contribution in [2.45, 2.75) is 39.2 Å². The number of carbonyl (C=O) groups is 1. The highest BCUT2D eigenvalue weighted by atomic mass is 16.5. The molecule has 1 heterocycles. The van der Waals surface area contributed by atoms with E-state index >= 15 is 0 Å². The molecule has 1 rings (SSSR count). The number of aliphatic hydroxyl groups is 1. The van der Waals surface area contributed by atoms with Crippen LogP contribution in [-0.4, -0.2) is 28.9 Å². The third kappa shape index (κ3) is 4.44. The molecular weight excluding hydrogens is 222 g/mol. The first-order chi connectivity index (χ1) is 7.79. The van der Waals surface area contributed by atoms with Gasteiger partial charge in [-0.25, -0.2) is 4.79 Å². The second kappa shape index (κ2) is 5.18. The maximum absolute atomic E-state index is 11.4. The zero-order valence-corrected chi connectivity index (χ0v) is 10.6. The number of carbonyl (C=O) groups excluding carboxylic acids is 1. The maximum atomic E-state index is 11.4. The van der Waals surface area contributed by atoms with Crippen molar-refractivity contribution in [2.75, 3.05) is 11.9 Å². The summed E-state index contributed by atoms with van der Waals surface area (Å²) in [5.74, 6) is 1.06. The van der Waals surface area contributed by atoms with Gasteiger partial charge in [0.15, 0.2) is 5.82 Å². The van der Waals surface area contributed by atoms with Gasteiger partial charge >= 0.3 is 6.03 Å². The molecule has 96 valence electrons. The van der Waals surface area contributed by atoms with Crippen LogP contribution in [0.2, 0.25) is 0 Å². The van der Waals surface area contributed by atoms with Crippen molar-refractivity contribution in [3.63, 3.8) is 0 Å². The molecule has 0 aliphatic rings. The molecule has 6 nitrogen and oxygen atoms in total. The summed E-state index contributed by atoms with van der Waals surface area (Å²) in [6, 6.07) is 1.27. The number of nitrogens with zero attached hydrogens (tertiary/aromatic N) is 1. The summed E-state index contributed by atoms with van der Waals surface area (Å²) in [5, 5.41) is 17.8. The van der Waals surface area contributed by atoms with Crippen LogP contribution in [0.1, 0.15) is 33.5 Å². The van der Waals surface area contributed by atoms with Crippen molar-refractivity contribution in [3.8, 4) is 0 Å². The lowest BCUT2D eigenvalue weighted by Crippen LogP contribution is -2.34. The number of aromatic nitrogens is 1. The highest BCUT2D eigenvalue weighted by molar-refractivity contribution is 5.88. The third-order valence-corrected chi connectivity index (χ3v) is 2.05. The van der Waals surface area contributed by atoms with E-state index in [0.29, 0.717) is 11.6 Å². The number of aliphatic hydroxyl groups excluding tert-OH is 1. The number of hydrogen-bond acceptors (Lipinski definition) is 4. The zero-order valence-electron chi connectivity index (χ0n) is 10.6. The van der Waals surface area contributed by atoms with Gasteiger partial charge in [0.25, 0.3) is 0 Å². The van der Waals surface area contributed by atoms with E-state index in [-0.39, 0.29) is 12.0 Å². The van der Waals surface area contributed by atoms with E-state index in [2.05, 4.69) is 15.8 Å². The first-order valence-electron chi connectivity index (χ1n) is 5.49. The number of nitrogens with one attached hydrogen (secondary N) is 2. The molecule has 0 fully saturated rings. The average Bonchev–Trinajstić information content (AvgIpc) is 2.62. The van der Waals surface area contributed by atoms with Crippen LogP contribution in [0.15, 0.2) is 10.6 Å². The van der Waals surface area contributed by atoms with Crippen molar-refractivity contribution in [1.82, 2.24) is 10.5 Å². The van der Waals surface area contributed by atoms with Crippen LogP contribution in [0.3, 0.4) is 0 Å². The Morgan fingerprint density at radius 2 is 2.24 bits per heavy atom. The molecule has 1 aromatic rings. The molecule has 0 aliphatic carbocycles. The third-order valence-electron chi connectivity index (χ3n) is 2.05. The van der Waals surface area contributed by atoms with Crippen LogP contribution in [0, 0.1) is 0 Å². The van der Waals surface area contributed by atoms with Gasteiger partial charge in [-0.15, -0.1) is 0 Å². The molecule has 0 bridgehead atoms. The molecule has 0 radical (unpaired) electrons. The molecular formula is C11H19N3O3. The van der Waals surface area contributed by atoms with Crippen LogP contribution >= 0.6 is 0 Å². The normalized spacial score (nSPS) is 13.2. The van der Waals surface area contributed by atoms with Crippen molar-refractivity contribution >= 4 is 11.8 Å². The summed E-state index contributed by atoms with van der Waals surface area (Å²) in [6.07, 6.45) is -0.580. The minimum Gasteiger partial charge on any atom is -0.392 e. The number of rotatable bonds is 3. The van der Waals surface area contributed by atoms with E-state index in [1.54, 1.807) is 13.0 Å². The Hall–Kier alpha value is -1.56. The molecule has 1 aromatic heterocycles. The van der Waals surface area contributed by atoms with Crippen LogP contribution < -0.4 is 10.6 Å². The van der Waals surface area contributed by atoms with Gasteiger partial charge < -0.3 is 14.9 Å². The summed E-state index contributed by atoms with van der Waals surface area (Å²) in [5.41, 5.74) is -0.150. The minimum absolute atomic E-state index is 0.150. The van der Waals surface area contributed by atoms with Crippen LogP contribution in [0.4, 0.5) is 10.6 Å². The largest absolute Gasteiger partial charge is 0.392 e. The monoisotopic (exact) mass is 241 g/mol. The molecule has 3 N–H and O–H groups in total. The molecule has 0 saturated heterocycles. The van der Waals surface area contributed by atoms with E-state index in [1.165, 1.54) is 0 Å². The number of urea groups is 1. The molecule has 1 unspecified atom stereocenters. The highest BCUT2D eigenvalue weighted by Gasteiger charge is 2.20. The molecule has 1 atom stereocenters. The van der Waals surface area contributed by atoms with Gasteiger partial charge in [-0.1, -0.05) is 25.9 Å². The lowest BCUT2D eigenvalue weighted by Gasteiger charge is -2.12. The van der Waals surface area contributed by atoms with Crippen LogP contribution in [0.5, 0.6) is 0 Å². The highest BCUT2D eigenvalue weighted by Crippen LogP contribution is 2.24. The van der Waals surface area contributed by atoms with Crippen molar-refractivity contribution in [3.05, 3.63) is 11.8 Å². The Morgan fingerprint density at radius 3 is 2.71 bits per heavy atom. The van der Waals surface area contributed by atoms with Crippen molar-refractivity contribution in [2.24, 2.45) is 0 Å². The Kier molecular flexibility index (Phi) is 4.11. The van der Waals surface area contributed by atoms with Crippen LogP contribution in [-0.2, 0) is 5.41 Å². The van der Waals surface area contributed by atoms with Crippen LogP contribution in [0.25, 0.3) is 0 Å². The van der Waals surface area contributed by atoms with Gasteiger partial charge in [-0.2, -0.15) is 0 Å². The average molecular weight is 241 g/mol. The van der Waals surface area contributed by atoms with Gasteiger partial charge in [0, 0.05) is 18.0 Å². The zero-order chi connectivity index (χ0) is 13.1. The fourth-order valence-electron chi connectivity index (χ4n) is 1.09. The Labute approximate surface area is 100 Å². The van der Waals surface area contributed by atoms with Crippen molar-refractivity contribution in [1.29, 1.82) is 0 Å². The molecule has 0 aromatic carbocycles. The van der Waals surface area contributed by atoms with Gasteiger partial charge in [0.05, 0.1) is 6.10 Å². The maximum Gasteiger partial charge on any atom is 0.320 e. The summed E-state index contributed by atoms with van der Waals surface area (Å²) in [6.45, 7) is 7.75. The Morgan fingerprint density at radius 1 is 1.59 bits per heavy atom. The number of anilines is 1. The standard InChI is InChI=1S/C11H19N3O3/c1-7(15)6-12-10(16)13-9-5-8(17-14-9)11(2,3)4/h5,7,15H,6H2,1-4H3,(H2,12,13,14,16). The van der Waals surface area contributed by atoms with Gasteiger partial charge in [-0.05, 0) is 6.92 Å². The summed E-state index contributed by atoms with van der Waals surface area (Å²) in [4.78, 5) is 11.4. The second-order valence-corrected chi connectivity index (χ2v) is 5.01. The number of hydrogen-bond donors (Lipinski definition) is 3. The lowest BCUT2D eigenvalue weighted by atomic mass is 9.93. The molecule has 0 saturated carbocycles. The minimum atomic E-state index is -0.580. The first-order valence-corrected chi connectivity index (χ1v) is 5.49. The molecule has 0 spiro atoms. The molecule has 17 heavy (non-hydrogen) atoms. The topological polar surface area (TPSA) is 87.4 Å². The van der Waals surface area contributed by atoms with E-state index in [9.17, 15) is 4.79 Å². The summed E-state index contributed by atoms with van der Waals surface area (Å²) in [7, 11) is 0. The molecule has 6 heteroatoms. The quantitative estimate of drug-likeness (QED) is 0.748. The Balaban J connectivity index is 2.52. The van der Waals surface area contributed by atoms with E-state index in [4.69, 9.17) is 9.63 Å². The first kappa shape index (κ1) is 13.5. The summed E-state index contributed by atoms with van der Waals surface area (Å²) >= 11 is 0. The van der Waals surface area contributed by atoms with Crippen molar-refractivity contribution < 1.29 is 14.4 Å². The van der Waals surface area contributed by atoms with Gasteiger partial charge in [0.1, 0.15) is 5.76 Å². The van der Waals surface area contributed by atoms with Gasteiger partial charge in [-0.3, -0.25) is 5.32 Å². The second-order valence-electron chi connectivity index (χ2n) is 5.01. The smallest absolute Gasteiger partial charge is 0.320 e. The SMILES string of the molecule is CC(O)CNC(=O)Nc1cc(C(C)(C)C)on1.